The molecule has 0 saturated carbocycles. The second-order valence-corrected chi connectivity index (χ2v) is 7.04. The Labute approximate surface area is 145 Å². The van der Waals surface area contributed by atoms with Crippen molar-refractivity contribution in [2.75, 3.05) is 5.32 Å². The Morgan fingerprint density at radius 1 is 1.30 bits per heavy atom. The van der Waals surface area contributed by atoms with Gasteiger partial charge in [-0.15, -0.1) is 11.6 Å². The molecule has 0 bridgehead atoms. The molecule has 1 amide bonds. The van der Waals surface area contributed by atoms with Crippen LogP contribution in [0.1, 0.15) is 28.2 Å². The summed E-state index contributed by atoms with van der Waals surface area (Å²) >= 11 is 11.7. The number of carbonyl (C=O) groups excluding carboxylic acids is 1. The monoisotopic (exact) mass is 463 g/mol. The molecule has 0 radical (unpaired) electrons. The lowest BCUT2D eigenvalue weighted by Crippen LogP contribution is -2.14. The molecular formula is C15H12BrClINO. The second kappa shape index (κ2) is 6.91. The average molecular weight is 465 g/mol. The molecule has 20 heavy (non-hydrogen) atoms. The Balaban J connectivity index is 2.31. The topological polar surface area (TPSA) is 29.1 Å². The average Bonchev–Trinajstić information content (AvgIpc) is 2.41. The zero-order chi connectivity index (χ0) is 14.7. The summed E-state index contributed by atoms with van der Waals surface area (Å²) in [6.45, 7) is 1.88. The number of hydrogen-bond acceptors (Lipinski definition) is 1. The highest BCUT2D eigenvalue weighted by molar-refractivity contribution is 14.1. The highest BCUT2D eigenvalue weighted by Gasteiger charge is 2.14. The standard InChI is InChI=1S/C15H12BrClINO/c1-9(17)11-4-2-3-5-14(11)19-15(20)12-8-10(18)6-7-13(12)16/h2-9H,1H3,(H,19,20). The fourth-order valence-corrected chi connectivity index (χ4v) is 2.93. The van der Waals surface area contributed by atoms with Crippen LogP contribution in [0.4, 0.5) is 5.69 Å². The molecule has 0 aliphatic heterocycles. The Hall–Kier alpha value is -0.590. The first kappa shape index (κ1) is 15.8. The minimum atomic E-state index is -0.161. The Morgan fingerprint density at radius 2 is 2.00 bits per heavy atom. The predicted molar refractivity (Wildman–Crippen MR) is 95.5 cm³/mol. The summed E-state index contributed by atoms with van der Waals surface area (Å²) < 4.78 is 1.78. The van der Waals surface area contributed by atoms with Gasteiger partial charge in [-0.25, -0.2) is 0 Å². The van der Waals surface area contributed by atoms with Crippen molar-refractivity contribution in [2.24, 2.45) is 0 Å². The Morgan fingerprint density at radius 3 is 2.70 bits per heavy atom. The third-order valence-corrected chi connectivity index (χ3v) is 4.41. The number of rotatable bonds is 3. The maximum Gasteiger partial charge on any atom is 0.256 e. The number of nitrogens with one attached hydrogen (secondary N) is 1. The molecule has 0 aromatic heterocycles. The molecule has 2 aromatic rings. The minimum Gasteiger partial charge on any atom is -0.322 e. The van der Waals surface area contributed by atoms with Gasteiger partial charge in [0.2, 0.25) is 0 Å². The van der Waals surface area contributed by atoms with Gasteiger partial charge in [-0.1, -0.05) is 18.2 Å². The van der Waals surface area contributed by atoms with Crippen molar-refractivity contribution in [3.8, 4) is 0 Å². The molecular weight excluding hydrogens is 452 g/mol. The van der Waals surface area contributed by atoms with E-state index in [1.165, 1.54) is 0 Å². The van der Waals surface area contributed by atoms with Crippen molar-refractivity contribution in [2.45, 2.75) is 12.3 Å². The molecule has 1 unspecified atom stereocenters. The van der Waals surface area contributed by atoms with Gasteiger partial charge in [0.15, 0.2) is 0 Å². The molecule has 0 fully saturated rings. The van der Waals surface area contributed by atoms with Crippen LogP contribution >= 0.6 is 50.1 Å². The molecule has 104 valence electrons. The highest BCUT2D eigenvalue weighted by atomic mass is 127. The number of hydrogen-bond donors (Lipinski definition) is 1. The van der Waals surface area contributed by atoms with E-state index in [0.29, 0.717) is 5.56 Å². The summed E-state index contributed by atoms with van der Waals surface area (Å²) in [5.41, 5.74) is 2.25. The summed E-state index contributed by atoms with van der Waals surface area (Å²) in [6, 6.07) is 13.2. The Kier molecular flexibility index (Phi) is 5.46. The van der Waals surface area contributed by atoms with Crippen LogP contribution in [0.5, 0.6) is 0 Å². The number of para-hydroxylation sites is 1. The fourth-order valence-electron chi connectivity index (χ4n) is 1.82. The SMILES string of the molecule is CC(Cl)c1ccccc1NC(=O)c1cc(I)ccc1Br. The zero-order valence-corrected chi connectivity index (χ0v) is 15.2. The molecule has 2 nitrogen and oxygen atoms in total. The fraction of sp³-hybridized carbons (Fsp3) is 0.133. The lowest BCUT2D eigenvalue weighted by molar-refractivity contribution is 0.102. The largest absolute Gasteiger partial charge is 0.322 e. The van der Waals surface area contributed by atoms with E-state index >= 15 is 0 Å². The second-order valence-electron chi connectivity index (χ2n) is 4.28. The number of halogens is 3. The maximum atomic E-state index is 12.4. The van der Waals surface area contributed by atoms with E-state index in [-0.39, 0.29) is 11.3 Å². The Bertz CT molecular complexity index is 646. The quantitative estimate of drug-likeness (QED) is 0.465. The molecule has 2 rings (SSSR count). The third-order valence-electron chi connectivity index (χ3n) is 2.81. The first-order valence-corrected chi connectivity index (χ1v) is 8.29. The van der Waals surface area contributed by atoms with Gasteiger partial charge in [0.25, 0.3) is 5.91 Å². The molecule has 0 spiro atoms. The smallest absolute Gasteiger partial charge is 0.256 e. The molecule has 2 aromatic carbocycles. The van der Waals surface area contributed by atoms with Crippen LogP contribution in [0.3, 0.4) is 0 Å². The summed E-state index contributed by atoms with van der Waals surface area (Å²) in [6.07, 6.45) is 0. The van der Waals surface area contributed by atoms with E-state index in [1.54, 1.807) is 0 Å². The molecule has 0 aliphatic rings. The van der Waals surface area contributed by atoms with Crippen molar-refractivity contribution < 1.29 is 4.79 Å². The van der Waals surface area contributed by atoms with E-state index in [4.69, 9.17) is 11.6 Å². The van der Waals surface area contributed by atoms with E-state index < -0.39 is 0 Å². The van der Waals surface area contributed by atoms with E-state index in [1.807, 2.05) is 49.4 Å². The van der Waals surface area contributed by atoms with E-state index in [9.17, 15) is 4.79 Å². The van der Waals surface area contributed by atoms with Crippen LogP contribution in [0, 0.1) is 3.57 Å². The highest BCUT2D eigenvalue weighted by Crippen LogP contribution is 2.28. The van der Waals surface area contributed by atoms with Crippen LogP contribution < -0.4 is 5.32 Å². The van der Waals surface area contributed by atoms with Crippen molar-refractivity contribution in [1.82, 2.24) is 0 Å². The van der Waals surface area contributed by atoms with Crippen LogP contribution in [-0.4, -0.2) is 5.91 Å². The minimum absolute atomic E-state index is 0.153. The summed E-state index contributed by atoms with van der Waals surface area (Å²) in [5, 5.41) is 2.76. The maximum absolute atomic E-state index is 12.4. The summed E-state index contributed by atoms with van der Waals surface area (Å²) in [7, 11) is 0. The van der Waals surface area contributed by atoms with Crippen molar-refractivity contribution in [3.05, 3.63) is 61.6 Å². The van der Waals surface area contributed by atoms with E-state index in [2.05, 4.69) is 43.8 Å². The molecule has 5 heteroatoms. The first-order valence-electron chi connectivity index (χ1n) is 5.98. The van der Waals surface area contributed by atoms with Gasteiger partial charge in [-0.2, -0.15) is 0 Å². The predicted octanol–water partition coefficient (Wildman–Crippen LogP) is 5.61. The van der Waals surface area contributed by atoms with Gasteiger partial charge in [-0.05, 0) is 75.3 Å². The summed E-state index contributed by atoms with van der Waals surface area (Å²) in [5.74, 6) is -0.153. The molecule has 1 atom stereocenters. The van der Waals surface area contributed by atoms with Crippen LogP contribution in [0.2, 0.25) is 0 Å². The molecule has 1 N–H and O–H groups in total. The van der Waals surface area contributed by atoms with Crippen molar-refractivity contribution >= 4 is 61.7 Å². The van der Waals surface area contributed by atoms with Gasteiger partial charge in [0.05, 0.1) is 10.9 Å². The number of amides is 1. The molecule has 0 heterocycles. The van der Waals surface area contributed by atoms with Gasteiger partial charge >= 0.3 is 0 Å². The van der Waals surface area contributed by atoms with Gasteiger partial charge < -0.3 is 5.32 Å². The van der Waals surface area contributed by atoms with Crippen molar-refractivity contribution in [3.63, 3.8) is 0 Å². The number of anilines is 1. The normalized spacial score (nSPS) is 12.0. The van der Waals surface area contributed by atoms with Gasteiger partial charge in [0, 0.05) is 13.7 Å². The van der Waals surface area contributed by atoms with E-state index in [0.717, 1.165) is 19.3 Å². The van der Waals surface area contributed by atoms with Gasteiger partial charge in [-0.3, -0.25) is 4.79 Å². The lowest BCUT2D eigenvalue weighted by Gasteiger charge is -2.13. The third kappa shape index (κ3) is 3.74. The number of benzene rings is 2. The zero-order valence-electron chi connectivity index (χ0n) is 10.7. The lowest BCUT2D eigenvalue weighted by atomic mass is 10.1. The van der Waals surface area contributed by atoms with Gasteiger partial charge in [0.1, 0.15) is 0 Å². The van der Waals surface area contributed by atoms with Crippen LogP contribution in [0.15, 0.2) is 46.9 Å². The summed E-state index contributed by atoms with van der Waals surface area (Å²) in [4.78, 5) is 12.4. The number of carbonyl (C=O) groups is 1. The van der Waals surface area contributed by atoms with Crippen molar-refractivity contribution in [1.29, 1.82) is 0 Å². The molecule has 0 aliphatic carbocycles. The first-order chi connectivity index (χ1) is 9.49. The van der Waals surface area contributed by atoms with Crippen LogP contribution in [0.25, 0.3) is 0 Å². The molecule has 0 saturated heterocycles. The number of alkyl halides is 1. The van der Waals surface area contributed by atoms with Crippen LogP contribution in [-0.2, 0) is 0 Å².